The summed E-state index contributed by atoms with van der Waals surface area (Å²) in [5, 5.41) is 9.77. The minimum Gasteiger partial charge on any atom is -0.481 e. The number of carboxylic acid groups (broad SMARTS) is 1. The maximum atomic E-state index is 12.0. The van der Waals surface area contributed by atoms with Crippen LogP contribution in [0.2, 0.25) is 0 Å². The summed E-state index contributed by atoms with van der Waals surface area (Å²) >= 11 is 0. The zero-order valence-electron chi connectivity index (χ0n) is 15.4. The van der Waals surface area contributed by atoms with Crippen LogP contribution in [0.3, 0.4) is 0 Å². The quantitative estimate of drug-likeness (QED) is 0.657. The molecule has 0 bridgehead atoms. The Kier molecular flexibility index (Phi) is 5.54. The van der Waals surface area contributed by atoms with Crippen molar-refractivity contribution in [2.24, 2.45) is 0 Å². The van der Waals surface area contributed by atoms with Gasteiger partial charge in [0, 0.05) is 23.4 Å². The summed E-state index contributed by atoms with van der Waals surface area (Å²) < 4.78 is 20.9. The Morgan fingerprint density at radius 1 is 0.929 bits per heavy atom. The maximum Gasteiger partial charge on any atom is 0.340 e. The average molecular weight is 383 g/mol. The molecule has 9 nitrogen and oxygen atoms in total. The second-order valence-electron chi connectivity index (χ2n) is 5.41. The van der Waals surface area contributed by atoms with E-state index < -0.39 is 5.97 Å². The van der Waals surface area contributed by atoms with Gasteiger partial charge in [-0.2, -0.15) is 9.97 Å². The van der Waals surface area contributed by atoms with Crippen LogP contribution in [0.4, 0.5) is 0 Å². The Morgan fingerprint density at radius 2 is 1.61 bits per heavy atom. The van der Waals surface area contributed by atoms with Crippen molar-refractivity contribution in [3.63, 3.8) is 0 Å². The number of nitrogens with zero attached hydrogens (tertiary/aromatic N) is 3. The van der Waals surface area contributed by atoms with Crippen LogP contribution in [0, 0.1) is 0 Å². The lowest BCUT2D eigenvalue weighted by Gasteiger charge is -2.13. The van der Waals surface area contributed by atoms with Crippen molar-refractivity contribution in [1.82, 2.24) is 15.0 Å². The highest BCUT2D eigenvalue weighted by atomic mass is 16.5. The monoisotopic (exact) mass is 383 g/mol. The van der Waals surface area contributed by atoms with Gasteiger partial charge >= 0.3 is 12.0 Å². The molecule has 1 aromatic carbocycles. The lowest BCUT2D eigenvalue weighted by atomic mass is 10.0. The summed E-state index contributed by atoms with van der Waals surface area (Å²) in [6.07, 6.45) is 1.52. The SMILES string of the molecule is COc1ccc(-c2cccc(Oc3nc(OC)cc(OC)n3)c2C(=O)O)cn1. The molecule has 0 aliphatic carbocycles. The number of pyridine rings is 1. The molecule has 9 heteroatoms. The highest BCUT2D eigenvalue weighted by Gasteiger charge is 2.20. The van der Waals surface area contributed by atoms with Gasteiger partial charge in [-0.3, -0.25) is 0 Å². The fraction of sp³-hybridized carbons (Fsp3) is 0.158. The van der Waals surface area contributed by atoms with E-state index in [0.717, 1.165) is 0 Å². The molecule has 3 aromatic rings. The highest BCUT2D eigenvalue weighted by Crippen LogP contribution is 2.33. The first-order valence-electron chi connectivity index (χ1n) is 8.07. The number of aromatic nitrogens is 3. The van der Waals surface area contributed by atoms with Crippen LogP contribution in [-0.4, -0.2) is 47.4 Å². The topological polar surface area (TPSA) is 113 Å². The number of carboxylic acids is 1. The molecule has 0 atom stereocenters. The first kappa shape index (κ1) is 18.9. The minimum absolute atomic E-state index is 0.0557. The Labute approximate surface area is 160 Å². The number of hydrogen-bond donors (Lipinski definition) is 1. The molecule has 0 saturated heterocycles. The summed E-state index contributed by atoms with van der Waals surface area (Å²) in [6, 6.07) is 9.56. The largest absolute Gasteiger partial charge is 0.481 e. The second-order valence-corrected chi connectivity index (χ2v) is 5.41. The molecule has 0 aliphatic heterocycles. The van der Waals surface area contributed by atoms with E-state index in [1.807, 2.05) is 0 Å². The summed E-state index contributed by atoms with van der Waals surface area (Å²) in [7, 11) is 4.37. The van der Waals surface area contributed by atoms with Crippen LogP contribution in [0.1, 0.15) is 10.4 Å². The average Bonchev–Trinajstić information content (AvgIpc) is 2.73. The Morgan fingerprint density at radius 3 is 2.14 bits per heavy atom. The molecule has 144 valence electrons. The molecular weight excluding hydrogens is 366 g/mol. The summed E-state index contributed by atoms with van der Waals surface area (Å²) in [5.41, 5.74) is 0.961. The molecule has 0 saturated carbocycles. The zero-order valence-corrected chi connectivity index (χ0v) is 15.4. The van der Waals surface area contributed by atoms with Gasteiger partial charge in [-0.05, 0) is 12.1 Å². The van der Waals surface area contributed by atoms with Crippen LogP contribution in [0.15, 0.2) is 42.6 Å². The molecular formula is C19H17N3O6. The van der Waals surface area contributed by atoms with Gasteiger partial charge in [0.2, 0.25) is 17.6 Å². The van der Waals surface area contributed by atoms with E-state index >= 15 is 0 Å². The second kappa shape index (κ2) is 8.21. The molecule has 0 unspecified atom stereocenters. The van der Waals surface area contributed by atoms with E-state index in [4.69, 9.17) is 18.9 Å². The summed E-state index contributed by atoms with van der Waals surface area (Å²) in [4.78, 5) is 24.2. The van der Waals surface area contributed by atoms with Gasteiger partial charge in [0.15, 0.2) is 0 Å². The molecule has 1 N–H and O–H groups in total. The van der Waals surface area contributed by atoms with Crippen LogP contribution in [-0.2, 0) is 0 Å². The minimum atomic E-state index is -1.17. The summed E-state index contributed by atoms with van der Waals surface area (Å²) in [5.74, 6) is -0.249. The number of carbonyl (C=O) groups is 1. The lowest BCUT2D eigenvalue weighted by molar-refractivity contribution is 0.0695. The zero-order chi connectivity index (χ0) is 20.1. The van der Waals surface area contributed by atoms with Gasteiger partial charge in [0.25, 0.3) is 0 Å². The number of rotatable bonds is 7. The molecule has 0 amide bonds. The first-order valence-corrected chi connectivity index (χ1v) is 8.07. The van der Waals surface area contributed by atoms with Gasteiger partial charge < -0.3 is 24.1 Å². The molecule has 0 radical (unpaired) electrons. The Balaban J connectivity index is 2.05. The molecule has 0 fully saturated rings. The van der Waals surface area contributed by atoms with Crippen LogP contribution < -0.4 is 18.9 Å². The van der Waals surface area contributed by atoms with Gasteiger partial charge in [-0.25, -0.2) is 9.78 Å². The molecule has 3 rings (SSSR count). The fourth-order valence-corrected chi connectivity index (χ4v) is 2.47. The highest BCUT2D eigenvalue weighted by molar-refractivity contribution is 5.99. The van der Waals surface area contributed by atoms with E-state index in [1.165, 1.54) is 39.7 Å². The van der Waals surface area contributed by atoms with Crippen molar-refractivity contribution in [2.75, 3.05) is 21.3 Å². The third kappa shape index (κ3) is 3.93. The van der Waals surface area contributed by atoms with Crippen LogP contribution >= 0.6 is 0 Å². The van der Waals surface area contributed by atoms with Crippen molar-refractivity contribution in [3.05, 3.63) is 48.2 Å². The van der Waals surface area contributed by atoms with E-state index in [9.17, 15) is 9.90 Å². The Bertz CT molecular complexity index is 969. The van der Waals surface area contributed by atoms with Gasteiger partial charge in [0.1, 0.15) is 11.3 Å². The third-order valence-corrected chi connectivity index (χ3v) is 3.77. The van der Waals surface area contributed by atoms with Crippen molar-refractivity contribution in [3.8, 4) is 40.5 Å². The predicted molar refractivity (Wildman–Crippen MR) is 98.4 cm³/mol. The first-order chi connectivity index (χ1) is 13.5. The predicted octanol–water partition coefficient (Wildman–Crippen LogP) is 3.05. The van der Waals surface area contributed by atoms with Crippen molar-refractivity contribution < 1.29 is 28.8 Å². The number of aromatic carboxylic acids is 1. The van der Waals surface area contributed by atoms with E-state index in [1.54, 1.807) is 24.3 Å². The Hall–Kier alpha value is -3.88. The van der Waals surface area contributed by atoms with Crippen molar-refractivity contribution in [1.29, 1.82) is 0 Å². The molecule has 2 heterocycles. The fourth-order valence-electron chi connectivity index (χ4n) is 2.47. The number of ether oxygens (including phenoxy) is 4. The van der Waals surface area contributed by atoms with Crippen molar-refractivity contribution in [2.45, 2.75) is 0 Å². The lowest BCUT2D eigenvalue weighted by Crippen LogP contribution is -2.05. The standard InChI is InChI=1S/C19H17N3O6/c1-25-14-8-7-11(10-20-14)12-5-4-6-13(17(12)18(23)24)28-19-21-15(26-2)9-16(22-19)27-3/h4-10H,1-3H3,(H,23,24). The third-order valence-electron chi connectivity index (χ3n) is 3.77. The summed E-state index contributed by atoms with van der Waals surface area (Å²) in [6.45, 7) is 0. The normalized spacial score (nSPS) is 10.2. The molecule has 0 aliphatic rings. The van der Waals surface area contributed by atoms with Crippen LogP contribution in [0.5, 0.6) is 29.4 Å². The van der Waals surface area contributed by atoms with Crippen LogP contribution in [0.25, 0.3) is 11.1 Å². The number of benzene rings is 1. The van der Waals surface area contributed by atoms with Crippen molar-refractivity contribution >= 4 is 5.97 Å². The molecule has 0 spiro atoms. The number of methoxy groups -OCH3 is 3. The van der Waals surface area contributed by atoms with E-state index in [2.05, 4.69) is 15.0 Å². The number of hydrogen-bond acceptors (Lipinski definition) is 8. The van der Waals surface area contributed by atoms with E-state index in [-0.39, 0.29) is 29.1 Å². The van der Waals surface area contributed by atoms with E-state index in [0.29, 0.717) is 17.0 Å². The van der Waals surface area contributed by atoms with Gasteiger partial charge in [0.05, 0.1) is 27.4 Å². The molecule has 28 heavy (non-hydrogen) atoms. The maximum absolute atomic E-state index is 12.0. The van der Waals surface area contributed by atoms with Gasteiger partial charge in [-0.1, -0.05) is 12.1 Å². The smallest absolute Gasteiger partial charge is 0.340 e. The van der Waals surface area contributed by atoms with Gasteiger partial charge in [-0.15, -0.1) is 0 Å². The molecule has 2 aromatic heterocycles.